The van der Waals surface area contributed by atoms with Crippen LogP contribution in [-0.2, 0) is 24.4 Å². The molecule has 1 aliphatic rings. The summed E-state index contributed by atoms with van der Waals surface area (Å²) in [5.74, 6) is 0. The smallest absolute Gasteiger partial charge is 0.0700 e. The summed E-state index contributed by atoms with van der Waals surface area (Å²) in [5.41, 5.74) is 17.5. The van der Waals surface area contributed by atoms with Crippen LogP contribution in [0.4, 0.5) is 22.7 Å². The number of methoxy groups -OCH3 is 2. The van der Waals surface area contributed by atoms with E-state index < -0.39 is 0 Å². The molecule has 0 saturated carbocycles. The quantitative estimate of drug-likeness (QED) is 0.0530. The van der Waals surface area contributed by atoms with E-state index in [1.54, 1.807) is 14.2 Å². The molecule has 6 nitrogen and oxygen atoms in total. The van der Waals surface area contributed by atoms with E-state index in [2.05, 4.69) is 202 Å². The number of hydrogen-bond acceptors (Lipinski definition) is 6. The van der Waals surface area contributed by atoms with Gasteiger partial charge in [0, 0.05) is 68.7 Å². The van der Waals surface area contributed by atoms with E-state index in [1.807, 2.05) is 6.92 Å². The molecule has 1 aliphatic carbocycles. The maximum Gasteiger partial charge on any atom is 0.0700 e. The van der Waals surface area contributed by atoms with E-state index in [9.17, 15) is 0 Å². The van der Waals surface area contributed by atoms with Gasteiger partial charge in [0.25, 0.3) is 0 Å². The lowest BCUT2D eigenvalue weighted by Gasteiger charge is -2.33. The molecule has 0 atom stereocenters. The second-order valence-electron chi connectivity index (χ2n) is 16.8. The van der Waals surface area contributed by atoms with Crippen LogP contribution in [0.2, 0.25) is 0 Å². The third-order valence-corrected chi connectivity index (χ3v) is 12.3. The summed E-state index contributed by atoms with van der Waals surface area (Å²) in [6.07, 6.45) is 10.4. The third-order valence-electron chi connectivity index (χ3n) is 12.3. The Balaban J connectivity index is 0.000000307. The molecule has 0 aliphatic heterocycles. The highest BCUT2D eigenvalue weighted by atomic mass is 16.5. The van der Waals surface area contributed by atoms with Gasteiger partial charge in [-0.15, -0.1) is 0 Å². The zero-order valence-corrected chi connectivity index (χ0v) is 40.1. The molecule has 0 amide bonds. The summed E-state index contributed by atoms with van der Waals surface area (Å²) in [4.78, 5) is 4.66. The molecular weight excluding hydrogens is 801 g/mol. The summed E-state index contributed by atoms with van der Waals surface area (Å²) in [5, 5.41) is 0. The second kappa shape index (κ2) is 24.5. The molecule has 0 unspecified atom stereocenters. The Morgan fingerprint density at radius 3 is 1.26 bits per heavy atom. The molecule has 0 saturated heterocycles. The molecule has 0 radical (unpaired) electrons. The first-order valence-electron chi connectivity index (χ1n) is 23.3. The van der Waals surface area contributed by atoms with Gasteiger partial charge in [-0.3, -0.25) is 0 Å². The van der Waals surface area contributed by atoms with Gasteiger partial charge in [0.15, 0.2) is 0 Å². The Morgan fingerprint density at radius 2 is 0.815 bits per heavy atom. The van der Waals surface area contributed by atoms with E-state index in [0.29, 0.717) is 39.6 Å². The monoisotopic (exact) mass is 871 g/mol. The van der Waals surface area contributed by atoms with Crippen LogP contribution in [0.5, 0.6) is 0 Å². The van der Waals surface area contributed by atoms with E-state index in [0.717, 1.165) is 25.9 Å². The van der Waals surface area contributed by atoms with Gasteiger partial charge in [-0.2, -0.15) is 0 Å². The highest BCUT2D eigenvalue weighted by Crippen LogP contribution is 2.53. The van der Waals surface area contributed by atoms with Crippen LogP contribution >= 0.6 is 0 Å². The minimum Gasteiger partial charge on any atom is -0.382 e. The average Bonchev–Trinajstić information content (AvgIpc) is 3.58. The predicted octanol–water partition coefficient (Wildman–Crippen LogP) is 14.2. The Bertz CT molecular complexity index is 2400. The molecular formula is C59H70N2O4. The van der Waals surface area contributed by atoms with Gasteiger partial charge in [0.05, 0.1) is 26.4 Å². The van der Waals surface area contributed by atoms with E-state index in [1.165, 1.54) is 78.4 Å². The van der Waals surface area contributed by atoms with Crippen LogP contribution in [0, 0.1) is 20.8 Å². The Labute approximate surface area is 390 Å². The average molecular weight is 871 g/mol. The van der Waals surface area contributed by atoms with Crippen molar-refractivity contribution in [3.8, 4) is 11.1 Å². The van der Waals surface area contributed by atoms with Crippen LogP contribution in [-0.4, -0.2) is 67.0 Å². The predicted molar refractivity (Wildman–Crippen MR) is 276 cm³/mol. The van der Waals surface area contributed by atoms with Gasteiger partial charge >= 0.3 is 0 Å². The molecule has 0 aromatic heterocycles. The van der Waals surface area contributed by atoms with Crippen molar-refractivity contribution < 1.29 is 18.9 Å². The zero-order valence-electron chi connectivity index (χ0n) is 40.1. The first-order valence-corrected chi connectivity index (χ1v) is 23.3. The second-order valence-corrected chi connectivity index (χ2v) is 16.8. The molecule has 340 valence electrons. The van der Waals surface area contributed by atoms with Crippen LogP contribution in [0.15, 0.2) is 140 Å². The molecule has 0 spiro atoms. The van der Waals surface area contributed by atoms with Crippen molar-refractivity contribution in [2.24, 2.45) is 0 Å². The van der Waals surface area contributed by atoms with E-state index in [-0.39, 0.29) is 5.41 Å². The van der Waals surface area contributed by atoms with Crippen LogP contribution < -0.4 is 9.80 Å². The standard InChI is InChI=1S/C41H49NO4.C18H21N/c1-6-42(35-15-7-31(2)8-16-35)36-17-12-33(13-18-36)10-11-34-14-20-38-37-19-9-32(3)29-39(37)41(40(38)30-34,21-23-45-27-25-43-4)22-24-46-28-26-44-5;1-4-6-16-9-13-18(14-10-16)19(5-2)17-11-7-15(3)8-12-17/h7-20,29-30H,6,21-28H2,1-5H3;4,6-14H,5H2,1-3H3/b11-10+;6-4+. The van der Waals surface area contributed by atoms with Crippen molar-refractivity contribution in [1.82, 2.24) is 0 Å². The summed E-state index contributed by atoms with van der Waals surface area (Å²) in [6.45, 7) is 18.4. The minimum absolute atomic E-state index is 0.206. The fourth-order valence-electron chi connectivity index (χ4n) is 8.77. The normalized spacial score (nSPS) is 12.6. The number of nitrogens with zero attached hydrogens (tertiary/aromatic N) is 2. The fraction of sp³-hybridized carbons (Fsp3) is 0.322. The van der Waals surface area contributed by atoms with Crippen LogP contribution in [0.3, 0.4) is 0 Å². The van der Waals surface area contributed by atoms with Gasteiger partial charge in [-0.25, -0.2) is 0 Å². The van der Waals surface area contributed by atoms with Crippen molar-refractivity contribution in [3.63, 3.8) is 0 Å². The van der Waals surface area contributed by atoms with Crippen LogP contribution in [0.1, 0.15) is 78.1 Å². The third kappa shape index (κ3) is 12.7. The number of fused-ring (bicyclic) bond motifs is 3. The number of aryl methyl sites for hydroxylation is 3. The Kier molecular flexibility index (Phi) is 18.4. The molecule has 7 rings (SSSR count). The Hall–Kier alpha value is -5.76. The van der Waals surface area contributed by atoms with Crippen molar-refractivity contribution in [2.45, 2.75) is 59.8 Å². The SMILES string of the molecule is C/C=C/c1ccc(N(CC)c2ccc(C)cc2)cc1.CCN(c1ccc(C)cc1)c1ccc(/C=C/c2ccc3c(c2)C(CCOCCOC)(CCOCCOC)c2cc(C)ccc2-3)cc1. The molecule has 0 bridgehead atoms. The molecule has 65 heavy (non-hydrogen) atoms. The van der Waals surface area contributed by atoms with Crippen molar-refractivity contribution >= 4 is 41.0 Å². The highest BCUT2D eigenvalue weighted by molar-refractivity contribution is 5.84. The first kappa shape index (κ1) is 48.7. The molecule has 0 heterocycles. The van der Waals surface area contributed by atoms with Crippen molar-refractivity contribution in [2.75, 3.05) is 76.8 Å². The minimum atomic E-state index is -0.206. The van der Waals surface area contributed by atoms with Gasteiger partial charge in [0.1, 0.15) is 0 Å². The van der Waals surface area contributed by atoms with Gasteiger partial charge < -0.3 is 28.7 Å². The van der Waals surface area contributed by atoms with Gasteiger partial charge in [-0.05, 0) is 142 Å². The zero-order chi connectivity index (χ0) is 46.0. The number of ether oxygens (including phenoxy) is 4. The summed E-state index contributed by atoms with van der Waals surface area (Å²) in [7, 11) is 3.42. The van der Waals surface area contributed by atoms with E-state index in [4.69, 9.17) is 18.9 Å². The summed E-state index contributed by atoms with van der Waals surface area (Å²) < 4.78 is 22.6. The van der Waals surface area contributed by atoms with Crippen molar-refractivity contribution in [3.05, 3.63) is 184 Å². The molecule has 6 heteroatoms. The maximum absolute atomic E-state index is 6.07. The van der Waals surface area contributed by atoms with Gasteiger partial charge in [-0.1, -0.05) is 126 Å². The van der Waals surface area contributed by atoms with Crippen molar-refractivity contribution in [1.29, 1.82) is 0 Å². The number of anilines is 4. The van der Waals surface area contributed by atoms with E-state index >= 15 is 0 Å². The Morgan fingerprint density at radius 1 is 0.431 bits per heavy atom. The number of hydrogen-bond donors (Lipinski definition) is 0. The first-order chi connectivity index (χ1) is 31.7. The van der Waals surface area contributed by atoms with Gasteiger partial charge in [0.2, 0.25) is 0 Å². The van der Waals surface area contributed by atoms with Crippen LogP contribution in [0.25, 0.3) is 29.4 Å². The highest BCUT2D eigenvalue weighted by Gasteiger charge is 2.43. The topological polar surface area (TPSA) is 43.4 Å². The summed E-state index contributed by atoms with van der Waals surface area (Å²) in [6, 6.07) is 48.7. The number of rotatable bonds is 21. The molecule has 0 N–H and O–H groups in total. The molecule has 6 aromatic carbocycles. The number of allylic oxidation sites excluding steroid dienone is 1. The summed E-state index contributed by atoms with van der Waals surface area (Å²) >= 11 is 0. The fourth-order valence-corrected chi connectivity index (χ4v) is 8.77. The lowest BCUT2D eigenvalue weighted by molar-refractivity contribution is 0.0490. The largest absolute Gasteiger partial charge is 0.382 e. The number of benzene rings is 6. The molecule has 0 fully saturated rings. The lowest BCUT2D eigenvalue weighted by Crippen LogP contribution is -2.30. The molecule has 6 aromatic rings. The maximum atomic E-state index is 6.07. The lowest BCUT2D eigenvalue weighted by atomic mass is 9.72.